The standard InChI is InChI=1S/C37H55N2O2S.BrH/c1-6-7-8-9-10-11-12-13-14-15-16-17-24-41-36-22-21-33(27-35(36)37(3,4)5)29-39(31(2)40)34-20-18-19-32(26-34)28-38-23-25-42-30-38;/h18-23,25-27,30H,6-17,24,28-29H2,1-5H3;1H/q+1;/p-1. The average molecular weight is 672 g/mol. The second-order valence-electron chi connectivity index (χ2n) is 12.8. The molecule has 0 saturated heterocycles. The molecule has 4 nitrogen and oxygen atoms in total. The molecule has 0 radical (unpaired) electrons. The molecule has 1 heterocycles. The first kappa shape index (κ1) is 37.0. The number of amides is 1. The van der Waals surface area contributed by atoms with Gasteiger partial charge in [-0.3, -0.25) is 4.79 Å². The second-order valence-corrected chi connectivity index (χ2v) is 13.5. The fourth-order valence-electron chi connectivity index (χ4n) is 5.46. The monoisotopic (exact) mass is 670 g/mol. The van der Waals surface area contributed by atoms with E-state index in [1.54, 1.807) is 18.3 Å². The zero-order chi connectivity index (χ0) is 30.2. The molecule has 0 bridgehead atoms. The normalized spacial score (nSPS) is 11.3. The number of unbranched alkanes of at least 4 members (excludes halogenated alkanes) is 11. The van der Waals surface area contributed by atoms with Crippen LogP contribution < -0.4 is 31.2 Å². The van der Waals surface area contributed by atoms with Crippen LogP contribution in [-0.4, -0.2) is 12.5 Å². The van der Waals surface area contributed by atoms with Crippen LogP contribution in [0.5, 0.6) is 5.75 Å². The number of hydrogen-bond acceptors (Lipinski definition) is 3. The summed E-state index contributed by atoms with van der Waals surface area (Å²) in [5, 5.41) is 2.07. The number of carbonyl (C=O) groups is 1. The first-order chi connectivity index (χ1) is 20.3. The van der Waals surface area contributed by atoms with Crippen molar-refractivity contribution in [3.8, 4) is 5.75 Å². The Morgan fingerprint density at radius 3 is 2.09 bits per heavy atom. The lowest BCUT2D eigenvalue weighted by Crippen LogP contribution is -3.00. The average Bonchev–Trinajstić information content (AvgIpc) is 3.47. The van der Waals surface area contributed by atoms with Crippen molar-refractivity contribution in [2.24, 2.45) is 0 Å². The Hall–Kier alpha value is -2.18. The zero-order valence-electron chi connectivity index (χ0n) is 27.4. The van der Waals surface area contributed by atoms with Gasteiger partial charge >= 0.3 is 0 Å². The van der Waals surface area contributed by atoms with Crippen LogP contribution in [0.1, 0.15) is 128 Å². The molecule has 0 aliphatic heterocycles. The van der Waals surface area contributed by atoms with Crippen LogP contribution in [0.2, 0.25) is 0 Å². The van der Waals surface area contributed by atoms with Crippen LogP contribution in [0.4, 0.5) is 5.69 Å². The highest BCUT2D eigenvalue weighted by molar-refractivity contribution is 7.07. The summed E-state index contributed by atoms with van der Waals surface area (Å²) in [4.78, 5) is 14.6. The van der Waals surface area contributed by atoms with Crippen LogP contribution in [0.3, 0.4) is 0 Å². The fourth-order valence-corrected chi connectivity index (χ4v) is 6.06. The lowest BCUT2D eigenvalue weighted by atomic mass is 9.85. The van der Waals surface area contributed by atoms with E-state index in [0.717, 1.165) is 36.6 Å². The lowest BCUT2D eigenvalue weighted by molar-refractivity contribution is -0.683. The summed E-state index contributed by atoms with van der Waals surface area (Å²) in [6, 6.07) is 14.8. The minimum absolute atomic E-state index is 0. The van der Waals surface area contributed by atoms with Crippen molar-refractivity contribution in [1.29, 1.82) is 0 Å². The number of thiazole rings is 1. The number of nitrogens with zero attached hydrogens (tertiary/aromatic N) is 2. The molecular weight excluding hydrogens is 616 g/mol. The van der Waals surface area contributed by atoms with E-state index in [1.807, 2.05) is 17.0 Å². The fraction of sp³-hybridized carbons (Fsp3) is 0.568. The number of carbonyl (C=O) groups excluding carboxylic acids is 1. The van der Waals surface area contributed by atoms with Gasteiger partial charge in [0.15, 0.2) is 12.7 Å². The van der Waals surface area contributed by atoms with Gasteiger partial charge in [0.05, 0.1) is 18.5 Å². The molecule has 1 amide bonds. The van der Waals surface area contributed by atoms with Crippen LogP contribution in [-0.2, 0) is 23.3 Å². The van der Waals surface area contributed by atoms with Crippen LogP contribution in [0.25, 0.3) is 0 Å². The summed E-state index contributed by atoms with van der Waals surface area (Å²) in [5.74, 6) is 1.01. The topological polar surface area (TPSA) is 33.4 Å². The van der Waals surface area contributed by atoms with E-state index in [-0.39, 0.29) is 28.3 Å². The predicted molar refractivity (Wildman–Crippen MR) is 179 cm³/mol. The van der Waals surface area contributed by atoms with Crippen molar-refractivity contribution in [3.05, 3.63) is 76.2 Å². The van der Waals surface area contributed by atoms with Gasteiger partial charge in [-0.25, -0.2) is 0 Å². The quantitative estimate of drug-likeness (QED) is 0.101. The van der Waals surface area contributed by atoms with E-state index >= 15 is 0 Å². The van der Waals surface area contributed by atoms with Crippen molar-refractivity contribution in [3.63, 3.8) is 0 Å². The third kappa shape index (κ3) is 13.6. The molecule has 0 aliphatic rings. The van der Waals surface area contributed by atoms with Crippen LogP contribution >= 0.6 is 11.3 Å². The highest BCUT2D eigenvalue weighted by atomic mass is 79.9. The van der Waals surface area contributed by atoms with Gasteiger partial charge in [0.2, 0.25) is 11.4 Å². The molecule has 0 spiro atoms. The van der Waals surface area contributed by atoms with Crippen LogP contribution in [0, 0.1) is 0 Å². The molecular formula is C37H55BrN2O2S. The summed E-state index contributed by atoms with van der Waals surface area (Å²) in [6.07, 6.45) is 18.2. The summed E-state index contributed by atoms with van der Waals surface area (Å²) in [7, 11) is 0. The van der Waals surface area contributed by atoms with Crippen molar-refractivity contribution in [1.82, 2.24) is 0 Å². The molecule has 0 atom stereocenters. The van der Waals surface area contributed by atoms with Gasteiger partial charge in [0.25, 0.3) is 0 Å². The number of ether oxygens (including phenoxy) is 1. The highest BCUT2D eigenvalue weighted by Crippen LogP contribution is 2.33. The maximum absolute atomic E-state index is 12.8. The molecule has 3 aromatic rings. The molecule has 0 unspecified atom stereocenters. The van der Waals surface area contributed by atoms with Gasteiger partial charge in [-0.05, 0) is 47.2 Å². The number of aromatic nitrogens is 1. The van der Waals surface area contributed by atoms with Crippen molar-refractivity contribution in [2.45, 2.75) is 130 Å². The van der Waals surface area contributed by atoms with Gasteiger partial charge < -0.3 is 26.6 Å². The molecule has 2 aromatic carbocycles. The zero-order valence-corrected chi connectivity index (χ0v) is 29.8. The van der Waals surface area contributed by atoms with Crippen molar-refractivity contribution in [2.75, 3.05) is 11.5 Å². The van der Waals surface area contributed by atoms with Crippen molar-refractivity contribution >= 4 is 22.9 Å². The van der Waals surface area contributed by atoms with Gasteiger partial charge in [0, 0.05) is 18.2 Å². The van der Waals surface area contributed by atoms with Gasteiger partial charge in [-0.15, -0.1) is 0 Å². The number of benzene rings is 2. The first-order valence-electron chi connectivity index (χ1n) is 16.3. The van der Waals surface area contributed by atoms with E-state index in [4.69, 9.17) is 4.74 Å². The largest absolute Gasteiger partial charge is 1.00 e. The smallest absolute Gasteiger partial charge is 0.224 e. The van der Waals surface area contributed by atoms with Gasteiger partial charge in [0.1, 0.15) is 5.75 Å². The Kier molecular flexibility index (Phi) is 17.2. The molecule has 0 aliphatic carbocycles. The SMILES string of the molecule is CCCCCCCCCCCCCCOc1ccc(CN(C(C)=O)c2cccc(C[n+]3ccsc3)c2)cc1C(C)(C)C.[Br-]. The van der Waals surface area contributed by atoms with Crippen LogP contribution in [0.15, 0.2) is 59.6 Å². The molecule has 0 fully saturated rings. The number of rotatable bonds is 19. The highest BCUT2D eigenvalue weighted by Gasteiger charge is 2.21. The van der Waals surface area contributed by atoms with E-state index in [9.17, 15) is 4.79 Å². The van der Waals surface area contributed by atoms with Crippen molar-refractivity contribution < 1.29 is 31.1 Å². The van der Waals surface area contributed by atoms with E-state index in [2.05, 4.69) is 79.7 Å². The molecule has 6 heteroatoms. The molecule has 238 valence electrons. The molecule has 1 aromatic heterocycles. The van der Waals surface area contributed by atoms with E-state index in [1.165, 1.54) is 81.8 Å². The minimum atomic E-state index is -0.0549. The first-order valence-corrected chi connectivity index (χ1v) is 17.3. The Morgan fingerprint density at radius 1 is 0.860 bits per heavy atom. The Balaban J connectivity index is 0.00000645. The summed E-state index contributed by atoms with van der Waals surface area (Å²) < 4.78 is 8.49. The van der Waals surface area contributed by atoms with Gasteiger partial charge in [-0.1, -0.05) is 128 Å². The maximum Gasteiger partial charge on any atom is 0.224 e. The second kappa shape index (κ2) is 20.0. The Morgan fingerprint density at radius 2 is 1.51 bits per heavy atom. The van der Waals surface area contributed by atoms with E-state index < -0.39 is 0 Å². The number of halogens is 1. The van der Waals surface area contributed by atoms with E-state index in [0.29, 0.717) is 6.54 Å². The van der Waals surface area contributed by atoms with Gasteiger partial charge in [-0.2, -0.15) is 4.57 Å². The summed E-state index contributed by atoms with van der Waals surface area (Å²) in [5.41, 5.74) is 6.47. The molecule has 43 heavy (non-hydrogen) atoms. The maximum atomic E-state index is 12.8. The Labute approximate surface area is 276 Å². The minimum Gasteiger partial charge on any atom is -1.00 e. The number of hydrogen-bond donors (Lipinski definition) is 0. The summed E-state index contributed by atoms with van der Waals surface area (Å²) in [6.45, 7) is 12.7. The molecule has 0 N–H and O–H groups in total. The lowest BCUT2D eigenvalue weighted by Gasteiger charge is -2.26. The Bertz CT molecular complexity index is 1190. The third-order valence-corrected chi connectivity index (χ3v) is 8.61. The molecule has 0 saturated carbocycles. The summed E-state index contributed by atoms with van der Waals surface area (Å²) >= 11 is 1.68. The third-order valence-electron chi connectivity index (χ3n) is 7.94. The molecule has 3 rings (SSSR count). The predicted octanol–water partition coefficient (Wildman–Crippen LogP) is 7.02. The number of anilines is 1.